The summed E-state index contributed by atoms with van der Waals surface area (Å²) in [7, 11) is 0. The van der Waals surface area contributed by atoms with E-state index in [0.29, 0.717) is 0 Å². The first-order valence-corrected chi connectivity index (χ1v) is 5.01. The lowest BCUT2D eigenvalue weighted by Gasteiger charge is -2.10. The monoisotopic (exact) mass is 265 g/mol. The van der Waals surface area contributed by atoms with Crippen molar-refractivity contribution in [3.8, 4) is 5.75 Å². The number of hydrogen-bond acceptors (Lipinski definition) is 3. The molecule has 0 spiro atoms. The van der Waals surface area contributed by atoms with Gasteiger partial charge in [0.1, 0.15) is 11.9 Å². The maximum absolute atomic E-state index is 12.0. The molecule has 1 atom stereocenters. The van der Waals surface area contributed by atoms with Crippen LogP contribution in [0.4, 0.5) is 14.5 Å². The molecule has 17 heavy (non-hydrogen) atoms. The summed E-state index contributed by atoms with van der Waals surface area (Å²) in [5.74, 6) is -0.902. The minimum Gasteiger partial charge on any atom is -0.433 e. The molecule has 4 nitrogen and oxygen atoms in total. The minimum absolute atomic E-state index is 0.000320. The first kappa shape index (κ1) is 13.7. The number of benzene rings is 1. The molecule has 2 N–H and O–H groups in total. The van der Waals surface area contributed by atoms with Crippen LogP contribution in [0.3, 0.4) is 0 Å². The molecule has 0 saturated heterocycles. The van der Waals surface area contributed by atoms with Gasteiger partial charge in [0, 0.05) is 11.8 Å². The molecule has 1 aromatic rings. The number of carbonyl (C=O) groups is 1. The van der Waals surface area contributed by atoms with Crippen LogP contribution < -0.4 is 10.1 Å². The van der Waals surface area contributed by atoms with E-state index in [2.05, 4.69) is 10.1 Å². The second-order valence-electron chi connectivity index (χ2n) is 3.19. The molecular formula is C10H10ClF2NO3. The first-order valence-electron chi connectivity index (χ1n) is 4.63. The number of alkyl halides is 2. The Bertz CT molecular complexity index is 413. The number of anilines is 1. The maximum atomic E-state index is 12.0. The molecule has 0 aliphatic rings. The lowest BCUT2D eigenvalue weighted by molar-refractivity contribution is -0.123. The molecule has 7 heteroatoms. The van der Waals surface area contributed by atoms with Gasteiger partial charge in [0.15, 0.2) is 0 Å². The second-order valence-corrected chi connectivity index (χ2v) is 3.60. The summed E-state index contributed by atoms with van der Waals surface area (Å²) in [6, 6.07) is 3.85. The van der Waals surface area contributed by atoms with Gasteiger partial charge >= 0.3 is 6.61 Å². The topological polar surface area (TPSA) is 58.6 Å². The first-order chi connectivity index (χ1) is 7.90. The molecule has 0 bridgehead atoms. The fourth-order valence-electron chi connectivity index (χ4n) is 1.01. The predicted octanol–water partition coefficient (Wildman–Crippen LogP) is 2.26. The van der Waals surface area contributed by atoms with E-state index in [1.165, 1.54) is 19.1 Å². The zero-order valence-corrected chi connectivity index (χ0v) is 9.54. The average Bonchev–Trinajstić information content (AvgIpc) is 2.22. The highest BCUT2D eigenvalue weighted by molar-refractivity contribution is 6.32. The van der Waals surface area contributed by atoms with Crippen LogP contribution >= 0.6 is 11.6 Å². The number of aliphatic hydroxyl groups excluding tert-OH is 1. The van der Waals surface area contributed by atoms with Crippen LogP contribution in [0, 0.1) is 0 Å². The molecule has 0 fully saturated rings. The standard InChI is InChI=1S/C10H10ClF2NO3/c1-5(15)9(16)14-6-2-3-7(11)8(4-6)17-10(12)13/h2-5,10,15H,1H3,(H,14,16). The van der Waals surface area contributed by atoms with E-state index < -0.39 is 18.6 Å². The van der Waals surface area contributed by atoms with Crippen molar-refractivity contribution in [1.82, 2.24) is 0 Å². The summed E-state index contributed by atoms with van der Waals surface area (Å²) >= 11 is 5.62. The Kier molecular flexibility index (Phi) is 4.65. The molecule has 1 amide bonds. The Morgan fingerprint density at radius 2 is 2.18 bits per heavy atom. The lowest BCUT2D eigenvalue weighted by atomic mass is 10.3. The summed E-state index contributed by atoms with van der Waals surface area (Å²) in [6.45, 7) is -1.72. The van der Waals surface area contributed by atoms with Crippen LogP contribution in [0.2, 0.25) is 5.02 Å². The SMILES string of the molecule is CC(O)C(=O)Nc1ccc(Cl)c(OC(F)F)c1. The van der Waals surface area contributed by atoms with E-state index in [9.17, 15) is 13.6 Å². The number of aliphatic hydroxyl groups is 1. The van der Waals surface area contributed by atoms with Gasteiger partial charge in [0.2, 0.25) is 0 Å². The molecule has 1 rings (SSSR count). The molecule has 0 aliphatic carbocycles. The largest absolute Gasteiger partial charge is 0.433 e. The van der Waals surface area contributed by atoms with Gasteiger partial charge in [-0.3, -0.25) is 4.79 Å². The number of ether oxygens (including phenoxy) is 1. The number of nitrogens with one attached hydrogen (secondary N) is 1. The summed E-state index contributed by atoms with van der Waals surface area (Å²) in [4.78, 5) is 11.1. The van der Waals surface area contributed by atoms with Gasteiger partial charge in [-0.1, -0.05) is 11.6 Å². The third kappa shape index (κ3) is 4.16. The molecule has 0 radical (unpaired) electrons. The molecule has 0 saturated carbocycles. The lowest BCUT2D eigenvalue weighted by Crippen LogP contribution is -2.24. The molecule has 0 aromatic heterocycles. The van der Waals surface area contributed by atoms with Crippen LogP contribution in [-0.2, 0) is 4.79 Å². The number of hydrogen-bond donors (Lipinski definition) is 2. The van der Waals surface area contributed by atoms with Crippen molar-refractivity contribution in [3.63, 3.8) is 0 Å². The van der Waals surface area contributed by atoms with Crippen LogP contribution in [0.15, 0.2) is 18.2 Å². The molecule has 1 unspecified atom stereocenters. The van der Waals surface area contributed by atoms with Crippen molar-refractivity contribution < 1.29 is 23.4 Å². The molecule has 94 valence electrons. The van der Waals surface area contributed by atoms with Crippen molar-refractivity contribution in [2.75, 3.05) is 5.32 Å². The van der Waals surface area contributed by atoms with Crippen LogP contribution in [0.1, 0.15) is 6.92 Å². The van der Waals surface area contributed by atoms with Crippen LogP contribution in [-0.4, -0.2) is 23.7 Å². The van der Waals surface area contributed by atoms with E-state index >= 15 is 0 Å². The predicted molar refractivity (Wildman–Crippen MR) is 58.4 cm³/mol. The third-order valence-electron chi connectivity index (χ3n) is 1.79. The molecule has 0 heterocycles. The maximum Gasteiger partial charge on any atom is 0.387 e. The normalized spacial score (nSPS) is 12.4. The van der Waals surface area contributed by atoms with Crippen molar-refractivity contribution in [3.05, 3.63) is 23.2 Å². The zero-order valence-electron chi connectivity index (χ0n) is 8.78. The van der Waals surface area contributed by atoms with E-state index in [1.54, 1.807) is 0 Å². The summed E-state index contributed by atoms with van der Waals surface area (Å²) in [5, 5.41) is 11.3. The summed E-state index contributed by atoms with van der Waals surface area (Å²) in [6.07, 6.45) is -1.20. The van der Waals surface area contributed by atoms with Crippen molar-refractivity contribution in [1.29, 1.82) is 0 Å². The number of carbonyl (C=O) groups excluding carboxylic acids is 1. The van der Waals surface area contributed by atoms with Gasteiger partial charge in [-0.05, 0) is 19.1 Å². The minimum atomic E-state index is -3.00. The number of halogens is 3. The quantitative estimate of drug-likeness (QED) is 0.878. The van der Waals surface area contributed by atoms with Gasteiger partial charge < -0.3 is 15.2 Å². The Balaban J connectivity index is 2.85. The number of rotatable bonds is 4. The summed E-state index contributed by atoms with van der Waals surface area (Å²) in [5.41, 5.74) is 0.205. The van der Waals surface area contributed by atoms with Gasteiger partial charge in [0.05, 0.1) is 5.02 Å². The fraction of sp³-hybridized carbons (Fsp3) is 0.300. The highest BCUT2D eigenvalue weighted by Crippen LogP contribution is 2.29. The Hall–Kier alpha value is -1.40. The highest BCUT2D eigenvalue weighted by atomic mass is 35.5. The van der Waals surface area contributed by atoms with Gasteiger partial charge in [0.25, 0.3) is 5.91 Å². The second kappa shape index (κ2) is 5.79. The summed E-state index contributed by atoms with van der Waals surface area (Å²) < 4.78 is 28.2. The van der Waals surface area contributed by atoms with E-state index in [0.717, 1.165) is 6.07 Å². The van der Waals surface area contributed by atoms with E-state index in [1.807, 2.05) is 0 Å². The van der Waals surface area contributed by atoms with Crippen molar-refractivity contribution in [2.24, 2.45) is 0 Å². The smallest absolute Gasteiger partial charge is 0.387 e. The van der Waals surface area contributed by atoms with Crippen molar-refractivity contribution >= 4 is 23.2 Å². The molecule has 1 aromatic carbocycles. The Morgan fingerprint density at radius 1 is 1.53 bits per heavy atom. The molecular weight excluding hydrogens is 256 g/mol. The van der Waals surface area contributed by atoms with Crippen LogP contribution in [0.5, 0.6) is 5.75 Å². The van der Waals surface area contributed by atoms with E-state index in [-0.39, 0.29) is 16.5 Å². The fourth-order valence-corrected chi connectivity index (χ4v) is 1.18. The number of amides is 1. The van der Waals surface area contributed by atoms with E-state index in [4.69, 9.17) is 16.7 Å². The van der Waals surface area contributed by atoms with Gasteiger partial charge in [-0.2, -0.15) is 8.78 Å². The average molecular weight is 266 g/mol. The third-order valence-corrected chi connectivity index (χ3v) is 2.11. The Labute approximate surface area is 101 Å². The Morgan fingerprint density at radius 3 is 2.71 bits per heavy atom. The van der Waals surface area contributed by atoms with Crippen molar-refractivity contribution in [2.45, 2.75) is 19.6 Å². The molecule has 0 aliphatic heterocycles. The van der Waals surface area contributed by atoms with Gasteiger partial charge in [-0.15, -0.1) is 0 Å². The highest BCUT2D eigenvalue weighted by Gasteiger charge is 2.12. The zero-order chi connectivity index (χ0) is 13.0. The van der Waals surface area contributed by atoms with Gasteiger partial charge in [-0.25, -0.2) is 0 Å². The van der Waals surface area contributed by atoms with Crippen LogP contribution in [0.25, 0.3) is 0 Å².